The van der Waals surface area contributed by atoms with Crippen LogP contribution in [0.3, 0.4) is 0 Å². The molecule has 2 fully saturated rings. The third kappa shape index (κ3) is 2.37. The van der Waals surface area contributed by atoms with Crippen LogP contribution in [-0.4, -0.2) is 37.7 Å². The molecule has 7 rings (SSSR count). The zero-order chi connectivity index (χ0) is 22.3. The summed E-state index contributed by atoms with van der Waals surface area (Å²) in [5.41, 5.74) is 5.77. The molecule has 0 saturated carbocycles. The van der Waals surface area contributed by atoms with E-state index in [4.69, 9.17) is 10.1 Å². The number of ether oxygens (including phenoxy) is 1. The smallest absolute Gasteiger partial charge is 0.208 e. The molecule has 3 aromatic rings. The fourth-order valence-corrected chi connectivity index (χ4v) is 5.79. The summed E-state index contributed by atoms with van der Waals surface area (Å²) in [5.74, 6) is 1.31. The van der Waals surface area contributed by atoms with Crippen LogP contribution in [0.4, 0.5) is 11.4 Å². The van der Waals surface area contributed by atoms with Crippen molar-refractivity contribution in [3.63, 3.8) is 0 Å². The predicted molar refractivity (Wildman–Crippen MR) is 130 cm³/mol. The number of Topliss-reactive ketones (excluding diaryl/α,β-unsaturated/α-hetero) is 1. The van der Waals surface area contributed by atoms with E-state index < -0.39 is 5.41 Å². The summed E-state index contributed by atoms with van der Waals surface area (Å²) in [6, 6.07) is 18.6. The van der Waals surface area contributed by atoms with Crippen molar-refractivity contribution in [1.82, 2.24) is 0 Å². The molecule has 33 heavy (non-hydrogen) atoms. The van der Waals surface area contributed by atoms with Gasteiger partial charge in [0.15, 0.2) is 0 Å². The molecule has 0 atom stereocenters. The molecule has 164 valence electrons. The van der Waals surface area contributed by atoms with Crippen LogP contribution in [0.15, 0.2) is 54.6 Å². The van der Waals surface area contributed by atoms with E-state index in [9.17, 15) is 4.79 Å². The van der Waals surface area contributed by atoms with E-state index in [2.05, 4.69) is 46.2 Å². The van der Waals surface area contributed by atoms with Gasteiger partial charge in [-0.25, -0.2) is 0 Å². The molecule has 5 heteroatoms. The second-order valence-electron chi connectivity index (χ2n) is 9.65. The normalized spacial score (nSPS) is 19.4. The zero-order valence-corrected chi connectivity index (χ0v) is 18.6. The number of fused-ring (bicyclic) bond motifs is 6. The summed E-state index contributed by atoms with van der Waals surface area (Å²) in [6.07, 6.45) is 2.41. The Hall–Kier alpha value is -3.60. The molecule has 1 N–H and O–H groups in total. The molecule has 2 saturated heterocycles. The van der Waals surface area contributed by atoms with Crippen LogP contribution in [0.5, 0.6) is 11.5 Å². The molecule has 4 aliphatic rings. The Labute approximate surface area is 193 Å². The number of hydrogen-bond acceptors (Lipinski definition) is 5. The fourth-order valence-electron chi connectivity index (χ4n) is 5.79. The predicted octanol–water partition coefficient (Wildman–Crippen LogP) is 5.07. The van der Waals surface area contributed by atoms with Crippen LogP contribution in [0.1, 0.15) is 45.5 Å². The maximum Gasteiger partial charge on any atom is 0.208 e. The average molecular weight is 436 g/mol. The number of ketones is 1. The number of aryl methyl sites for hydroxylation is 1. The van der Waals surface area contributed by atoms with Gasteiger partial charge in [0.25, 0.3) is 0 Å². The van der Waals surface area contributed by atoms with Gasteiger partial charge in [-0.05, 0) is 43.5 Å². The molecule has 1 aliphatic carbocycles. The van der Waals surface area contributed by atoms with Crippen LogP contribution >= 0.6 is 0 Å². The van der Waals surface area contributed by atoms with Gasteiger partial charge < -0.3 is 14.5 Å². The van der Waals surface area contributed by atoms with Gasteiger partial charge in [0.1, 0.15) is 11.5 Å². The summed E-state index contributed by atoms with van der Waals surface area (Å²) < 4.78 is 6.54. The third-order valence-electron chi connectivity index (χ3n) is 7.83. The minimum Gasteiger partial charge on any atom is -0.457 e. The van der Waals surface area contributed by atoms with E-state index in [1.54, 1.807) is 0 Å². The molecule has 0 unspecified atom stereocenters. The Morgan fingerprint density at radius 1 is 0.788 bits per heavy atom. The molecule has 3 aliphatic heterocycles. The minimum absolute atomic E-state index is 0.113. The van der Waals surface area contributed by atoms with Gasteiger partial charge in [-0.2, -0.15) is 0 Å². The number of anilines is 2. The summed E-state index contributed by atoms with van der Waals surface area (Å²) in [6.45, 7) is 6.20. The first-order valence-electron chi connectivity index (χ1n) is 11.8. The second-order valence-corrected chi connectivity index (χ2v) is 9.65. The Morgan fingerprint density at radius 3 is 1.85 bits per heavy atom. The van der Waals surface area contributed by atoms with Crippen molar-refractivity contribution < 1.29 is 9.53 Å². The van der Waals surface area contributed by atoms with Crippen molar-refractivity contribution >= 4 is 22.9 Å². The lowest BCUT2D eigenvalue weighted by Gasteiger charge is -2.40. The van der Waals surface area contributed by atoms with Crippen LogP contribution in [-0.2, 0) is 5.41 Å². The lowest BCUT2D eigenvalue weighted by molar-refractivity contribution is 0.106. The van der Waals surface area contributed by atoms with Gasteiger partial charge in [-0.1, -0.05) is 29.8 Å². The average Bonchev–Trinajstić information content (AvgIpc) is 2.94. The highest BCUT2D eigenvalue weighted by Crippen LogP contribution is 2.57. The Morgan fingerprint density at radius 2 is 1.33 bits per heavy atom. The second kappa shape index (κ2) is 6.47. The third-order valence-corrected chi connectivity index (χ3v) is 7.83. The Kier molecular flexibility index (Phi) is 3.71. The topological polar surface area (TPSA) is 56.6 Å². The number of carbonyl (C=O) groups excluding carboxylic acids is 1. The van der Waals surface area contributed by atoms with E-state index in [0.717, 1.165) is 71.3 Å². The molecular formula is C28H25N3O2. The molecule has 5 nitrogen and oxygen atoms in total. The quantitative estimate of drug-likeness (QED) is 0.611. The van der Waals surface area contributed by atoms with Crippen LogP contribution in [0.2, 0.25) is 0 Å². The van der Waals surface area contributed by atoms with E-state index in [-0.39, 0.29) is 11.5 Å². The first kappa shape index (κ1) is 18.9. The summed E-state index contributed by atoms with van der Waals surface area (Å²) >= 11 is 0. The highest BCUT2D eigenvalue weighted by molar-refractivity contribution is 6.53. The number of nitrogens with zero attached hydrogens (tertiary/aromatic N) is 2. The Bertz CT molecular complexity index is 1300. The van der Waals surface area contributed by atoms with Crippen molar-refractivity contribution in [2.45, 2.75) is 25.2 Å². The maximum atomic E-state index is 13.4. The van der Waals surface area contributed by atoms with E-state index in [1.165, 1.54) is 12.8 Å². The monoisotopic (exact) mass is 435 g/mol. The van der Waals surface area contributed by atoms with E-state index >= 15 is 0 Å². The largest absolute Gasteiger partial charge is 0.457 e. The van der Waals surface area contributed by atoms with Crippen molar-refractivity contribution in [3.05, 3.63) is 82.4 Å². The van der Waals surface area contributed by atoms with Crippen molar-refractivity contribution in [2.75, 3.05) is 36.0 Å². The molecule has 3 aromatic carbocycles. The van der Waals surface area contributed by atoms with Crippen molar-refractivity contribution in [3.8, 4) is 11.5 Å². The van der Waals surface area contributed by atoms with Crippen LogP contribution in [0.25, 0.3) is 0 Å². The number of nitrogens with one attached hydrogen (secondary N) is 1. The van der Waals surface area contributed by atoms with Gasteiger partial charge in [0.05, 0.1) is 11.1 Å². The zero-order valence-electron chi connectivity index (χ0n) is 18.6. The SMILES string of the molecule is Cc1ccc2c(c1)C(=O)C(=N)C21c2ccc(N3CCC3)cc2Oc2cc(N3CCC3)ccc21. The molecule has 0 bridgehead atoms. The van der Waals surface area contributed by atoms with Crippen LogP contribution < -0.4 is 14.5 Å². The van der Waals surface area contributed by atoms with Gasteiger partial charge in [-0.15, -0.1) is 0 Å². The lowest BCUT2D eigenvalue weighted by atomic mass is 9.67. The molecule has 3 heterocycles. The highest BCUT2D eigenvalue weighted by Gasteiger charge is 2.55. The summed E-state index contributed by atoms with van der Waals surface area (Å²) in [5, 5.41) is 9.16. The summed E-state index contributed by atoms with van der Waals surface area (Å²) in [4.78, 5) is 18.1. The van der Waals surface area contributed by atoms with Gasteiger partial charge >= 0.3 is 0 Å². The van der Waals surface area contributed by atoms with E-state index in [0.29, 0.717) is 5.56 Å². The molecule has 1 spiro atoms. The Balaban J connectivity index is 1.51. The molecule has 0 radical (unpaired) electrons. The first-order chi connectivity index (χ1) is 16.1. The van der Waals surface area contributed by atoms with Crippen molar-refractivity contribution in [1.29, 1.82) is 5.41 Å². The van der Waals surface area contributed by atoms with Gasteiger partial charge in [0, 0.05) is 66.4 Å². The van der Waals surface area contributed by atoms with E-state index in [1.807, 2.05) is 25.1 Å². The minimum atomic E-state index is -0.940. The highest BCUT2D eigenvalue weighted by atomic mass is 16.5. The fraction of sp³-hybridized carbons (Fsp3) is 0.286. The number of benzene rings is 3. The number of hydrogen-bond donors (Lipinski definition) is 1. The molecule has 0 aromatic heterocycles. The molecular weight excluding hydrogens is 410 g/mol. The maximum absolute atomic E-state index is 13.4. The summed E-state index contributed by atoms with van der Waals surface area (Å²) in [7, 11) is 0. The number of carbonyl (C=O) groups is 1. The van der Waals surface area contributed by atoms with Crippen LogP contribution in [0, 0.1) is 12.3 Å². The first-order valence-corrected chi connectivity index (χ1v) is 11.8. The number of rotatable bonds is 2. The standard InChI is InChI=1S/C28H25N3O2/c1-17-4-7-21-20(14-17)26(32)27(29)28(21)22-8-5-18(30-10-2-11-30)15-24(22)33-25-16-19(6-9-23(25)28)31-12-3-13-31/h4-9,14-16,29H,2-3,10-13H2,1H3. The molecule has 0 amide bonds. The lowest BCUT2D eigenvalue weighted by Crippen LogP contribution is -2.40. The van der Waals surface area contributed by atoms with Crippen molar-refractivity contribution in [2.24, 2.45) is 0 Å². The van der Waals surface area contributed by atoms with Gasteiger partial charge in [-0.3, -0.25) is 10.2 Å². The van der Waals surface area contributed by atoms with Gasteiger partial charge in [0.2, 0.25) is 5.78 Å².